The summed E-state index contributed by atoms with van der Waals surface area (Å²) in [5.41, 5.74) is 0. The minimum absolute atomic E-state index is 0.0617. The summed E-state index contributed by atoms with van der Waals surface area (Å²) in [7, 11) is -5.13. The van der Waals surface area contributed by atoms with Gasteiger partial charge in [0.1, 0.15) is 43.2 Å². The number of hydrogen-bond donors (Lipinski definition) is 6. The van der Waals surface area contributed by atoms with Gasteiger partial charge in [0.2, 0.25) is 0 Å². The molecule has 0 spiro atoms. The van der Waals surface area contributed by atoms with Crippen LogP contribution in [0.5, 0.6) is 0 Å². The zero-order valence-corrected chi connectivity index (χ0v) is 36.9. The normalized spacial score (nSPS) is 22.8. The van der Waals surface area contributed by atoms with Gasteiger partial charge >= 0.3 is 19.8 Å². The molecular formula is C45H79O13P. The number of phosphoric ester groups is 1. The Labute approximate surface area is 354 Å². The van der Waals surface area contributed by atoms with Crippen molar-refractivity contribution < 1.29 is 63.1 Å². The van der Waals surface area contributed by atoms with E-state index in [9.17, 15) is 44.6 Å². The second-order valence-electron chi connectivity index (χ2n) is 15.5. The van der Waals surface area contributed by atoms with Gasteiger partial charge in [-0.05, 0) is 70.6 Å². The minimum Gasteiger partial charge on any atom is -0.462 e. The van der Waals surface area contributed by atoms with Gasteiger partial charge in [-0.3, -0.25) is 18.6 Å². The molecule has 1 aliphatic carbocycles. The molecule has 14 heteroatoms. The quantitative estimate of drug-likeness (QED) is 0.0152. The number of hydrogen-bond acceptors (Lipinski definition) is 12. The maximum Gasteiger partial charge on any atom is 0.472 e. The molecule has 1 aliphatic rings. The van der Waals surface area contributed by atoms with Crippen LogP contribution in [-0.4, -0.2) is 98.3 Å². The van der Waals surface area contributed by atoms with E-state index in [2.05, 4.69) is 62.5 Å². The molecule has 0 aliphatic heterocycles. The second-order valence-corrected chi connectivity index (χ2v) is 16.9. The topological polar surface area (TPSA) is 210 Å². The van der Waals surface area contributed by atoms with Crippen molar-refractivity contribution in [2.75, 3.05) is 13.2 Å². The monoisotopic (exact) mass is 859 g/mol. The Hall–Kier alpha value is -2.19. The molecule has 0 saturated heterocycles. The summed E-state index contributed by atoms with van der Waals surface area (Å²) < 4.78 is 33.4. The molecule has 1 rings (SSSR count). The third kappa shape index (κ3) is 28.1. The standard InChI is InChI=1S/C45H79O13P/c1-3-5-7-9-11-13-15-17-19-21-23-25-27-29-31-33-38(46)55-35-37(36-56-59(53,54)58-45-43(51)41(49)40(48)42(50)44(45)52)57-39(47)34-32-30-28-26-24-22-20-18-16-14-12-10-8-6-4-2/h5,7,11,13,17,19,24,26,37,40-45,48-52H,3-4,6,8-10,12,14-16,18,20-23,25,27-36H2,1-2H3,(H,53,54)/b7-5+,13-11+,19-17+,26-24+/t37-,40?,41-,42?,43?,44?,45?/m1/s1. The number of aliphatic hydroxyl groups is 5. The van der Waals surface area contributed by atoms with Gasteiger partial charge < -0.3 is 39.9 Å². The van der Waals surface area contributed by atoms with Crippen molar-refractivity contribution in [1.82, 2.24) is 0 Å². The Balaban J connectivity index is 2.50. The summed E-state index contributed by atoms with van der Waals surface area (Å²) in [4.78, 5) is 35.6. The summed E-state index contributed by atoms with van der Waals surface area (Å²) in [6, 6.07) is 0. The van der Waals surface area contributed by atoms with E-state index in [0.29, 0.717) is 12.8 Å². The smallest absolute Gasteiger partial charge is 0.462 e. The van der Waals surface area contributed by atoms with Crippen molar-refractivity contribution in [3.05, 3.63) is 48.6 Å². The number of carbonyl (C=O) groups is 2. The summed E-state index contributed by atoms with van der Waals surface area (Å²) >= 11 is 0. The van der Waals surface area contributed by atoms with E-state index in [1.165, 1.54) is 57.8 Å². The first kappa shape index (κ1) is 54.8. The molecule has 0 bridgehead atoms. The largest absolute Gasteiger partial charge is 0.472 e. The van der Waals surface area contributed by atoms with Crippen LogP contribution < -0.4 is 0 Å². The van der Waals surface area contributed by atoms with Crippen LogP contribution in [0.4, 0.5) is 0 Å². The lowest BCUT2D eigenvalue weighted by atomic mass is 9.85. The van der Waals surface area contributed by atoms with Crippen molar-refractivity contribution in [2.24, 2.45) is 0 Å². The van der Waals surface area contributed by atoms with Crippen LogP contribution in [0, 0.1) is 0 Å². The molecule has 342 valence electrons. The molecule has 0 aromatic rings. The van der Waals surface area contributed by atoms with E-state index in [-0.39, 0.29) is 12.8 Å². The highest BCUT2D eigenvalue weighted by Crippen LogP contribution is 2.47. The summed E-state index contributed by atoms with van der Waals surface area (Å²) in [6.45, 7) is 3.14. The first-order chi connectivity index (χ1) is 28.4. The first-order valence-electron chi connectivity index (χ1n) is 22.4. The van der Waals surface area contributed by atoms with E-state index < -0.39 is 75.7 Å². The Bertz CT molecular complexity index is 1220. The molecule has 6 N–H and O–H groups in total. The van der Waals surface area contributed by atoms with Gasteiger partial charge in [-0.1, -0.05) is 133 Å². The zero-order chi connectivity index (χ0) is 43.6. The van der Waals surface area contributed by atoms with Crippen LogP contribution in [0.1, 0.15) is 168 Å². The van der Waals surface area contributed by atoms with E-state index in [4.69, 9.17) is 18.5 Å². The predicted molar refractivity (Wildman–Crippen MR) is 230 cm³/mol. The highest BCUT2D eigenvalue weighted by atomic mass is 31.2. The molecule has 6 unspecified atom stereocenters. The van der Waals surface area contributed by atoms with Crippen LogP contribution in [0.25, 0.3) is 0 Å². The Morgan fingerprint density at radius 2 is 0.966 bits per heavy atom. The number of phosphoric acid groups is 1. The van der Waals surface area contributed by atoms with E-state index in [1.807, 2.05) is 0 Å². The minimum atomic E-state index is -5.13. The Morgan fingerprint density at radius 1 is 0.542 bits per heavy atom. The number of esters is 2. The summed E-state index contributed by atoms with van der Waals surface area (Å²) in [6.07, 6.45) is 27.4. The van der Waals surface area contributed by atoms with Crippen molar-refractivity contribution in [3.8, 4) is 0 Å². The molecule has 0 heterocycles. The van der Waals surface area contributed by atoms with Gasteiger partial charge in [0.25, 0.3) is 0 Å². The number of unbranched alkanes of at least 4 members (excludes halogenated alkanes) is 16. The summed E-state index contributed by atoms with van der Waals surface area (Å²) in [5.74, 6) is -1.15. The van der Waals surface area contributed by atoms with E-state index in [0.717, 1.165) is 70.6 Å². The molecule has 8 atom stereocenters. The Kier molecular flexibility index (Phi) is 32.9. The predicted octanol–water partition coefficient (Wildman–Crippen LogP) is 8.39. The third-order valence-corrected chi connectivity index (χ3v) is 11.1. The van der Waals surface area contributed by atoms with Crippen LogP contribution in [-0.2, 0) is 32.7 Å². The van der Waals surface area contributed by atoms with Crippen LogP contribution >= 0.6 is 7.82 Å². The maximum atomic E-state index is 12.8. The average molecular weight is 859 g/mol. The summed E-state index contributed by atoms with van der Waals surface area (Å²) in [5, 5.41) is 50.1. The van der Waals surface area contributed by atoms with E-state index in [1.54, 1.807) is 0 Å². The lowest BCUT2D eigenvalue weighted by Gasteiger charge is -2.41. The van der Waals surface area contributed by atoms with E-state index >= 15 is 0 Å². The van der Waals surface area contributed by atoms with Crippen LogP contribution in [0.3, 0.4) is 0 Å². The molecule has 1 saturated carbocycles. The Morgan fingerprint density at radius 3 is 1.53 bits per heavy atom. The van der Waals surface area contributed by atoms with Crippen molar-refractivity contribution in [3.63, 3.8) is 0 Å². The van der Waals surface area contributed by atoms with Gasteiger partial charge in [0.05, 0.1) is 6.61 Å². The SMILES string of the molecule is CC/C=C/C/C=C/C/C=C/CCCCCCCC(=O)OC[C@H](COP(=O)(O)OC1C(O)C(O)C(O)[C@@H](O)C1O)OC(=O)CCCC/C=C/CCCCCCCCCCC. The molecule has 0 radical (unpaired) electrons. The zero-order valence-electron chi connectivity index (χ0n) is 36.0. The van der Waals surface area contributed by atoms with Crippen molar-refractivity contribution in [1.29, 1.82) is 0 Å². The lowest BCUT2D eigenvalue weighted by Crippen LogP contribution is -2.64. The fourth-order valence-corrected chi connectivity index (χ4v) is 7.50. The third-order valence-electron chi connectivity index (χ3n) is 10.2. The average Bonchev–Trinajstić information content (AvgIpc) is 3.21. The van der Waals surface area contributed by atoms with Crippen LogP contribution in [0.2, 0.25) is 0 Å². The van der Waals surface area contributed by atoms with Crippen LogP contribution in [0.15, 0.2) is 48.6 Å². The number of rotatable bonds is 36. The number of aliphatic hydroxyl groups excluding tert-OH is 5. The second kappa shape index (κ2) is 35.4. The molecule has 59 heavy (non-hydrogen) atoms. The van der Waals surface area contributed by atoms with Crippen molar-refractivity contribution >= 4 is 19.8 Å². The first-order valence-corrected chi connectivity index (χ1v) is 23.9. The molecule has 1 fully saturated rings. The maximum absolute atomic E-state index is 12.8. The van der Waals surface area contributed by atoms with Gasteiger partial charge in [0.15, 0.2) is 6.10 Å². The number of carbonyl (C=O) groups excluding carboxylic acids is 2. The molecule has 0 amide bonds. The molecular weight excluding hydrogens is 779 g/mol. The highest BCUT2D eigenvalue weighted by molar-refractivity contribution is 7.47. The number of allylic oxidation sites excluding steroid dienone is 8. The molecule has 13 nitrogen and oxygen atoms in total. The van der Waals surface area contributed by atoms with Gasteiger partial charge in [0, 0.05) is 12.8 Å². The lowest BCUT2D eigenvalue weighted by molar-refractivity contribution is -0.220. The highest BCUT2D eigenvalue weighted by Gasteiger charge is 2.51. The molecule has 0 aromatic carbocycles. The van der Waals surface area contributed by atoms with Gasteiger partial charge in [-0.25, -0.2) is 4.57 Å². The number of ether oxygens (including phenoxy) is 2. The van der Waals surface area contributed by atoms with Gasteiger partial charge in [-0.15, -0.1) is 0 Å². The van der Waals surface area contributed by atoms with Crippen molar-refractivity contribution in [2.45, 2.75) is 211 Å². The fraction of sp³-hybridized carbons (Fsp3) is 0.778. The van der Waals surface area contributed by atoms with Gasteiger partial charge in [-0.2, -0.15) is 0 Å². The molecule has 0 aromatic heterocycles. The fourth-order valence-electron chi connectivity index (χ4n) is 6.53.